The minimum atomic E-state index is -0.493. The standard InChI is InChI=1S/C12H11ClFN3OS2/c1-2-19-12-17-16-11(20-12)15-10(18)5-7-3-4-8(13)6-9(7)14/h3-4,6H,2,5H2,1H3,(H,15,16,18). The van der Waals surface area contributed by atoms with Crippen LogP contribution >= 0.6 is 34.7 Å². The third kappa shape index (κ3) is 4.16. The molecule has 0 bridgehead atoms. The fraction of sp³-hybridized carbons (Fsp3) is 0.250. The van der Waals surface area contributed by atoms with Gasteiger partial charge >= 0.3 is 0 Å². The van der Waals surface area contributed by atoms with E-state index in [1.807, 2.05) is 6.92 Å². The van der Waals surface area contributed by atoms with E-state index in [9.17, 15) is 9.18 Å². The van der Waals surface area contributed by atoms with E-state index in [4.69, 9.17) is 11.6 Å². The van der Waals surface area contributed by atoms with E-state index in [2.05, 4.69) is 15.5 Å². The molecule has 0 radical (unpaired) electrons. The van der Waals surface area contributed by atoms with E-state index < -0.39 is 5.82 Å². The lowest BCUT2D eigenvalue weighted by atomic mass is 10.1. The Hall–Kier alpha value is -1.18. The number of aromatic nitrogens is 2. The summed E-state index contributed by atoms with van der Waals surface area (Å²) in [5.74, 6) is 0.0565. The normalized spacial score (nSPS) is 10.6. The Morgan fingerprint density at radius 3 is 3.00 bits per heavy atom. The molecule has 20 heavy (non-hydrogen) atoms. The smallest absolute Gasteiger partial charge is 0.230 e. The van der Waals surface area contributed by atoms with Gasteiger partial charge in [0.05, 0.1) is 6.42 Å². The average Bonchev–Trinajstić information content (AvgIpc) is 2.81. The molecule has 0 aliphatic carbocycles. The van der Waals surface area contributed by atoms with E-state index in [-0.39, 0.29) is 12.3 Å². The van der Waals surface area contributed by atoms with E-state index in [1.165, 1.54) is 23.5 Å². The number of amides is 1. The molecule has 0 atom stereocenters. The Labute approximate surface area is 128 Å². The van der Waals surface area contributed by atoms with Gasteiger partial charge in [-0.15, -0.1) is 10.2 Å². The lowest BCUT2D eigenvalue weighted by Gasteiger charge is -2.03. The summed E-state index contributed by atoms with van der Waals surface area (Å²) < 4.78 is 14.4. The maximum absolute atomic E-state index is 13.6. The first-order valence-corrected chi connectivity index (χ1v) is 7.96. The van der Waals surface area contributed by atoms with E-state index in [1.54, 1.807) is 17.8 Å². The van der Waals surface area contributed by atoms with Crippen molar-refractivity contribution in [2.24, 2.45) is 0 Å². The molecule has 0 aliphatic heterocycles. The molecule has 2 rings (SSSR count). The summed E-state index contributed by atoms with van der Waals surface area (Å²) in [7, 11) is 0. The first-order chi connectivity index (χ1) is 9.58. The molecule has 0 aliphatic rings. The van der Waals surface area contributed by atoms with Crippen LogP contribution in [0.5, 0.6) is 0 Å². The number of nitrogens with one attached hydrogen (secondary N) is 1. The Kier molecular flexibility index (Phi) is 5.33. The summed E-state index contributed by atoms with van der Waals surface area (Å²) >= 11 is 8.50. The highest BCUT2D eigenvalue weighted by Crippen LogP contribution is 2.25. The minimum Gasteiger partial charge on any atom is -0.300 e. The molecule has 2 aromatic rings. The number of rotatable bonds is 5. The summed E-state index contributed by atoms with van der Waals surface area (Å²) in [6.07, 6.45) is -0.0706. The van der Waals surface area contributed by atoms with Crippen LogP contribution in [0.2, 0.25) is 5.02 Å². The van der Waals surface area contributed by atoms with Crippen LogP contribution in [0.3, 0.4) is 0 Å². The quantitative estimate of drug-likeness (QED) is 0.671. The summed E-state index contributed by atoms with van der Waals surface area (Å²) in [5.41, 5.74) is 0.291. The number of thioether (sulfide) groups is 1. The Morgan fingerprint density at radius 1 is 1.50 bits per heavy atom. The van der Waals surface area contributed by atoms with Gasteiger partial charge in [-0.25, -0.2) is 4.39 Å². The van der Waals surface area contributed by atoms with Gasteiger partial charge in [-0.2, -0.15) is 0 Å². The van der Waals surface area contributed by atoms with Gasteiger partial charge in [0, 0.05) is 5.02 Å². The van der Waals surface area contributed by atoms with E-state index in [0.29, 0.717) is 15.7 Å². The summed E-state index contributed by atoms with van der Waals surface area (Å²) in [6.45, 7) is 2.01. The molecule has 0 spiro atoms. The molecule has 1 N–H and O–H groups in total. The van der Waals surface area contributed by atoms with Gasteiger partial charge in [-0.3, -0.25) is 4.79 Å². The molecule has 1 aromatic heterocycles. The monoisotopic (exact) mass is 331 g/mol. The Bertz CT molecular complexity index is 620. The molecular weight excluding hydrogens is 321 g/mol. The fourth-order valence-corrected chi connectivity index (χ4v) is 3.27. The first-order valence-electron chi connectivity index (χ1n) is 5.78. The summed E-state index contributed by atoms with van der Waals surface area (Å²) in [6, 6.07) is 4.23. The highest BCUT2D eigenvalue weighted by molar-refractivity contribution is 8.01. The average molecular weight is 332 g/mol. The predicted octanol–water partition coefficient (Wildman–Crippen LogP) is 3.62. The van der Waals surface area contributed by atoms with Crippen molar-refractivity contribution in [1.29, 1.82) is 0 Å². The molecule has 0 saturated heterocycles. The van der Waals surface area contributed by atoms with Crippen molar-refractivity contribution in [1.82, 2.24) is 10.2 Å². The van der Waals surface area contributed by atoms with Crippen molar-refractivity contribution < 1.29 is 9.18 Å². The highest BCUT2D eigenvalue weighted by atomic mass is 35.5. The molecule has 0 unspecified atom stereocenters. The van der Waals surface area contributed by atoms with Crippen molar-refractivity contribution >= 4 is 45.7 Å². The number of hydrogen-bond donors (Lipinski definition) is 1. The number of nitrogens with zero attached hydrogens (tertiary/aromatic N) is 2. The fourth-order valence-electron chi connectivity index (χ4n) is 1.44. The Morgan fingerprint density at radius 2 is 2.30 bits per heavy atom. The van der Waals surface area contributed by atoms with Crippen LogP contribution in [-0.2, 0) is 11.2 Å². The zero-order chi connectivity index (χ0) is 14.5. The van der Waals surface area contributed by atoms with E-state index in [0.717, 1.165) is 10.1 Å². The van der Waals surface area contributed by atoms with Gasteiger partial charge in [0.1, 0.15) is 5.82 Å². The van der Waals surface area contributed by atoms with E-state index >= 15 is 0 Å². The molecule has 1 heterocycles. The molecule has 106 valence electrons. The molecule has 0 fully saturated rings. The number of hydrogen-bond acceptors (Lipinski definition) is 5. The molecule has 8 heteroatoms. The number of carbonyl (C=O) groups excluding carboxylic acids is 1. The van der Waals surface area contributed by atoms with Gasteiger partial charge in [0.25, 0.3) is 0 Å². The van der Waals surface area contributed by atoms with Crippen LogP contribution in [0.4, 0.5) is 9.52 Å². The molecule has 4 nitrogen and oxygen atoms in total. The summed E-state index contributed by atoms with van der Waals surface area (Å²) in [4.78, 5) is 11.8. The number of carbonyl (C=O) groups is 1. The highest BCUT2D eigenvalue weighted by Gasteiger charge is 2.11. The van der Waals surface area contributed by atoms with Crippen LogP contribution in [0.25, 0.3) is 0 Å². The third-order valence-corrected chi connectivity index (χ3v) is 4.38. The van der Waals surface area contributed by atoms with Crippen molar-refractivity contribution in [3.05, 3.63) is 34.6 Å². The third-order valence-electron chi connectivity index (χ3n) is 2.29. The van der Waals surface area contributed by atoms with Crippen LogP contribution in [0.1, 0.15) is 12.5 Å². The van der Waals surface area contributed by atoms with Crippen molar-refractivity contribution in [3.8, 4) is 0 Å². The van der Waals surface area contributed by atoms with Crippen molar-refractivity contribution in [2.75, 3.05) is 11.1 Å². The summed E-state index contributed by atoms with van der Waals surface area (Å²) in [5, 5.41) is 11.1. The predicted molar refractivity (Wildman–Crippen MR) is 80.1 cm³/mol. The number of halogens is 2. The largest absolute Gasteiger partial charge is 0.300 e. The molecule has 1 aromatic carbocycles. The maximum atomic E-state index is 13.6. The Balaban J connectivity index is 1.97. The van der Waals surface area contributed by atoms with Gasteiger partial charge in [0.2, 0.25) is 11.0 Å². The van der Waals surface area contributed by atoms with Crippen LogP contribution in [0, 0.1) is 5.82 Å². The van der Waals surface area contributed by atoms with Crippen molar-refractivity contribution in [2.45, 2.75) is 17.7 Å². The SMILES string of the molecule is CCSc1nnc(NC(=O)Cc2ccc(Cl)cc2F)s1. The second-order valence-corrected chi connectivity index (χ2v) is 6.69. The van der Waals surface area contributed by atoms with Gasteiger partial charge in [-0.1, -0.05) is 47.7 Å². The second-order valence-electron chi connectivity index (χ2n) is 3.77. The number of benzene rings is 1. The van der Waals surface area contributed by atoms with Gasteiger partial charge in [-0.05, 0) is 23.4 Å². The maximum Gasteiger partial charge on any atom is 0.230 e. The topological polar surface area (TPSA) is 54.9 Å². The number of anilines is 1. The molecular formula is C12H11ClFN3OS2. The zero-order valence-corrected chi connectivity index (χ0v) is 12.9. The van der Waals surface area contributed by atoms with Crippen molar-refractivity contribution in [3.63, 3.8) is 0 Å². The molecule has 0 saturated carbocycles. The zero-order valence-electron chi connectivity index (χ0n) is 10.5. The van der Waals surface area contributed by atoms with Crippen LogP contribution < -0.4 is 5.32 Å². The minimum absolute atomic E-state index is 0.0706. The van der Waals surface area contributed by atoms with Gasteiger partial charge < -0.3 is 5.32 Å². The van der Waals surface area contributed by atoms with Crippen LogP contribution in [0.15, 0.2) is 22.5 Å². The van der Waals surface area contributed by atoms with Gasteiger partial charge in [0.15, 0.2) is 4.34 Å². The van der Waals surface area contributed by atoms with Crippen LogP contribution in [-0.4, -0.2) is 21.9 Å². The first kappa shape index (κ1) is 15.2. The lowest BCUT2D eigenvalue weighted by molar-refractivity contribution is -0.115. The molecule has 1 amide bonds. The lowest BCUT2D eigenvalue weighted by Crippen LogP contribution is -2.15. The second kappa shape index (κ2) is 7.01.